The first-order chi connectivity index (χ1) is 18.5. The Balaban J connectivity index is 2.05. The number of nitrogens with two attached hydrogens (primary N) is 1. The summed E-state index contributed by atoms with van der Waals surface area (Å²) in [5.41, 5.74) is 6.57. The molecule has 1 unspecified atom stereocenters. The fraction of sp³-hybridized carbons (Fsp3) is 0.280. The van der Waals surface area contributed by atoms with Crippen molar-refractivity contribution in [1.82, 2.24) is 5.32 Å². The molecule has 1 aliphatic heterocycles. The van der Waals surface area contributed by atoms with E-state index in [-0.39, 0.29) is 53.6 Å². The number of nitrogens with one attached hydrogen (secondary N) is 3. The molecule has 1 atom stereocenters. The van der Waals surface area contributed by atoms with Crippen LogP contribution in [0.15, 0.2) is 30.3 Å². The van der Waals surface area contributed by atoms with Crippen molar-refractivity contribution in [3.05, 3.63) is 52.6 Å². The standard InChI is InChI=1S/C25H26N4O10/c26-25(27)28-14-5-6-15-13(10-14)2-1-9-38-21-17(39-24(15)37)7-3-12(4-8-18(30)31)20(21)22(34)29-16(23(35)36)11-19(32)33/h3,5-7,10,16H,1-2,4,8-9,11H2,(H,29,34)(H,30,31)(H,32,33)(H,35,36)(H4,26,27,28). The van der Waals surface area contributed by atoms with Gasteiger partial charge in [0, 0.05) is 12.1 Å². The number of aryl methyl sites for hydroxylation is 2. The monoisotopic (exact) mass is 542 g/mol. The van der Waals surface area contributed by atoms with E-state index in [0.717, 1.165) is 0 Å². The average Bonchev–Trinajstić information content (AvgIpc) is 2.84. The van der Waals surface area contributed by atoms with Crippen LogP contribution in [-0.2, 0) is 27.2 Å². The molecule has 1 aliphatic rings. The summed E-state index contributed by atoms with van der Waals surface area (Å²) in [5.74, 6) is -6.69. The van der Waals surface area contributed by atoms with Crippen LogP contribution in [-0.4, -0.2) is 63.7 Å². The first-order valence-corrected chi connectivity index (χ1v) is 11.7. The van der Waals surface area contributed by atoms with Crippen LogP contribution in [0.25, 0.3) is 0 Å². The van der Waals surface area contributed by atoms with Crippen molar-refractivity contribution in [3.8, 4) is 11.5 Å². The highest BCUT2D eigenvalue weighted by atomic mass is 16.6. The summed E-state index contributed by atoms with van der Waals surface area (Å²) in [7, 11) is 0. The summed E-state index contributed by atoms with van der Waals surface area (Å²) < 4.78 is 11.4. The largest absolute Gasteiger partial charge is 0.489 e. The van der Waals surface area contributed by atoms with Gasteiger partial charge in [-0.05, 0) is 54.7 Å². The Bertz CT molecular complexity index is 1340. The summed E-state index contributed by atoms with van der Waals surface area (Å²) in [5, 5.41) is 39.7. The van der Waals surface area contributed by atoms with E-state index in [2.05, 4.69) is 10.6 Å². The maximum absolute atomic E-state index is 13.3. The van der Waals surface area contributed by atoms with Gasteiger partial charge in [-0.1, -0.05) is 6.07 Å². The third-order valence-electron chi connectivity index (χ3n) is 5.67. The Hall–Kier alpha value is -5.14. The lowest BCUT2D eigenvalue weighted by Gasteiger charge is -2.21. The number of carbonyl (C=O) groups is 5. The van der Waals surface area contributed by atoms with Gasteiger partial charge in [0.1, 0.15) is 6.04 Å². The molecule has 0 saturated carbocycles. The van der Waals surface area contributed by atoms with Gasteiger partial charge in [-0.25, -0.2) is 9.59 Å². The summed E-state index contributed by atoms with van der Waals surface area (Å²) in [6.45, 7) is 0.0223. The minimum atomic E-state index is -1.79. The average molecular weight is 543 g/mol. The molecular weight excluding hydrogens is 516 g/mol. The molecule has 0 radical (unpaired) electrons. The van der Waals surface area contributed by atoms with Crippen molar-refractivity contribution in [1.29, 1.82) is 5.41 Å². The molecule has 0 aliphatic carbocycles. The van der Waals surface area contributed by atoms with Crippen LogP contribution < -0.4 is 25.8 Å². The van der Waals surface area contributed by atoms with Gasteiger partial charge < -0.3 is 41.2 Å². The number of hydrogen-bond donors (Lipinski definition) is 7. The molecule has 0 fully saturated rings. The Morgan fingerprint density at radius 2 is 1.82 bits per heavy atom. The second kappa shape index (κ2) is 12.4. The van der Waals surface area contributed by atoms with Gasteiger partial charge in [0.05, 0.1) is 24.2 Å². The van der Waals surface area contributed by atoms with Gasteiger partial charge in [0.2, 0.25) is 0 Å². The molecule has 1 amide bonds. The van der Waals surface area contributed by atoms with Crippen molar-refractivity contribution in [2.45, 2.75) is 38.1 Å². The molecule has 206 valence electrons. The number of guanidine groups is 1. The van der Waals surface area contributed by atoms with E-state index in [9.17, 15) is 29.1 Å². The van der Waals surface area contributed by atoms with Gasteiger partial charge in [-0.15, -0.1) is 0 Å². The van der Waals surface area contributed by atoms with Crippen molar-refractivity contribution in [3.63, 3.8) is 0 Å². The third kappa shape index (κ3) is 7.44. The number of carboxylic acids is 3. The molecule has 3 rings (SSSR count). The molecular formula is C25H26N4O10. The molecule has 14 heteroatoms. The number of carbonyl (C=O) groups excluding carboxylic acids is 2. The lowest BCUT2D eigenvalue weighted by Crippen LogP contribution is -2.42. The maximum atomic E-state index is 13.3. The van der Waals surface area contributed by atoms with Crippen LogP contribution >= 0.6 is 0 Å². The van der Waals surface area contributed by atoms with Gasteiger partial charge >= 0.3 is 23.9 Å². The molecule has 39 heavy (non-hydrogen) atoms. The third-order valence-corrected chi connectivity index (χ3v) is 5.67. The van der Waals surface area contributed by atoms with E-state index in [4.69, 9.17) is 30.8 Å². The van der Waals surface area contributed by atoms with E-state index in [1.165, 1.54) is 24.3 Å². The number of fused-ring (bicyclic) bond motifs is 2. The first kappa shape index (κ1) is 28.4. The van der Waals surface area contributed by atoms with Gasteiger partial charge in [0.25, 0.3) is 5.91 Å². The number of anilines is 1. The fourth-order valence-corrected chi connectivity index (χ4v) is 3.96. The normalized spacial score (nSPS) is 13.4. The quantitative estimate of drug-likeness (QED) is 0.102. The predicted molar refractivity (Wildman–Crippen MR) is 134 cm³/mol. The number of esters is 1. The highest BCUT2D eigenvalue weighted by Gasteiger charge is 2.30. The summed E-state index contributed by atoms with van der Waals surface area (Å²) in [6.07, 6.45) is -0.727. The van der Waals surface area contributed by atoms with Crippen molar-refractivity contribution < 1.29 is 48.8 Å². The van der Waals surface area contributed by atoms with E-state index >= 15 is 0 Å². The van der Waals surface area contributed by atoms with Crippen LogP contribution in [0.1, 0.15) is 51.1 Å². The topological polar surface area (TPSA) is 238 Å². The van der Waals surface area contributed by atoms with Crippen molar-refractivity contribution in [2.24, 2.45) is 5.73 Å². The maximum Gasteiger partial charge on any atom is 0.343 e. The SMILES string of the molecule is N=C(N)Nc1ccc2c(c1)CCCOc1c(ccc(CCC(=O)O)c1C(=O)NC(CC(=O)O)C(=O)O)OC2=O. The molecule has 2 aromatic carbocycles. The Labute approximate surface area is 221 Å². The molecule has 8 N–H and O–H groups in total. The highest BCUT2D eigenvalue weighted by molar-refractivity contribution is 6.02. The molecule has 0 saturated heterocycles. The number of rotatable bonds is 9. The van der Waals surface area contributed by atoms with Crippen molar-refractivity contribution in [2.75, 3.05) is 11.9 Å². The molecule has 14 nitrogen and oxygen atoms in total. The second-order valence-corrected chi connectivity index (χ2v) is 8.53. The minimum absolute atomic E-state index is 0.0223. The van der Waals surface area contributed by atoms with Gasteiger partial charge in [0.15, 0.2) is 17.5 Å². The summed E-state index contributed by atoms with van der Waals surface area (Å²) >= 11 is 0. The lowest BCUT2D eigenvalue weighted by molar-refractivity contribution is -0.145. The van der Waals surface area contributed by atoms with E-state index < -0.39 is 42.2 Å². The smallest absolute Gasteiger partial charge is 0.343 e. The lowest BCUT2D eigenvalue weighted by atomic mass is 9.99. The zero-order chi connectivity index (χ0) is 28.7. The summed E-state index contributed by atoms with van der Waals surface area (Å²) in [6, 6.07) is 5.57. The Morgan fingerprint density at radius 3 is 2.46 bits per heavy atom. The van der Waals surface area contributed by atoms with Crippen LogP contribution in [0.5, 0.6) is 11.5 Å². The number of carboxylic acid groups (broad SMARTS) is 3. The number of hydrogen-bond acceptors (Lipinski definition) is 8. The molecule has 0 bridgehead atoms. The summed E-state index contributed by atoms with van der Waals surface area (Å²) in [4.78, 5) is 60.2. The zero-order valence-electron chi connectivity index (χ0n) is 20.5. The molecule has 0 spiro atoms. The number of benzene rings is 2. The van der Waals surface area contributed by atoms with Crippen LogP contribution in [0, 0.1) is 5.41 Å². The number of aliphatic carboxylic acids is 3. The molecule has 2 aromatic rings. The molecule has 1 heterocycles. The van der Waals surface area contributed by atoms with Crippen LogP contribution in [0.3, 0.4) is 0 Å². The predicted octanol–water partition coefficient (Wildman–Crippen LogP) is 1.21. The number of ether oxygens (including phenoxy) is 2. The van der Waals surface area contributed by atoms with Gasteiger partial charge in [-0.3, -0.25) is 19.8 Å². The highest BCUT2D eigenvalue weighted by Crippen LogP contribution is 2.36. The first-order valence-electron chi connectivity index (χ1n) is 11.7. The number of amides is 1. The second-order valence-electron chi connectivity index (χ2n) is 8.53. The van der Waals surface area contributed by atoms with Gasteiger partial charge in [-0.2, -0.15) is 0 Å². The Morgan fingerprint density at radius 1 is 1.08 bits per heavy atom. The van der Waals surface area contributed by atoms with Crippen LogP contribution in [0.4, 0.5) is 5.69 Å². The fourth-order valence-electron chi connectivity index (χ4n) is 3.96. The molecule has 0 aromatic heterocycles. The zero-order valence-corrected chi connectivity index (χ0v) is 20.5. The Kier molecular flexibility index (Phi) is 9.04. The van der Waals surface area contributed by atoms with E-state index in [0.29, 0.717) is 24.1 Å². The van der Waals surface area contributed by atoms with E-state index in [1.807, 2.05) is 0 Å². The van der Waals surface area contributed by atoms with E-state index in [1.54, 1.807) is 6.07 Å². The van der Waals surface area contributed by atoms with Crippen molar-refractivity contribution >= 4 is 41.4 Å². The minimum Gasteiger partial charge on any atom is -0.489 e. The van der Waals surface area contributed by atoms with Crippen LogP contribution in [0.2, 0.25) is 0 Å².